The fraction of sp³-hybridized carbons (Fsp3) is 0.0690. The molecule has 7 heteroatoms. The molecular weight excluding hydrogens is 476 g/mol. The number of pyridine rings is 1. The van der Waals surface area contributed by atoms with Crippen LogP contribution in [-0.2, 0) is 12.4 Å². The summed E-state index contributed by atoms with van der Waals surface area (Å²) in [5.74, 6) is 0. The molecule has 0 bridgehead atoms. The molecule has 180 valence electrons. The van der Waals surface area contributed by atoms with E-state index in [1.165, 1.54) is 6.07 Å². The minimum Gasteiger partial charge on any atom is -0.256 e. The van der Waals surface area contributed by atoms with Crippen molar-refractivity contribution in [1.82, 2.24) is 4.98 Å². The van der Waals surface area contributed by atoms with Crippen molar-refractivity contribution in [1.29, 1.82) is 0 Å². The average molecular weight is 493 g/mol. The van der Waals surface area contributed by atoms with Crippen molar-refractivity contribution >= 4 is 10.8 Å². The zero-order valence-electron chi connectivity index (χ0n) is 18.5. The summed E-state index contributed by atoms with van der Waals surface area (Å²) in [6, 6.07) is 25.6. The molecule has 0 radical (unpaired) electrons. The normalized spacial score (nSPS) is 12.2. The molecule has 0 spiro atoms. The van der Waals surface area contributed by atoms with E-state index >= 15 is 0 Å². The quantitative estimate of drug-likeness (QED) is 0.228. The predicted octanol–water partition coefficient (Wildman–Crippen LogP) is 9.27. The van der Waals surface area contributed by atoms with Gasteiger partial charge in [0.05, 0.1) is 16.8 Å². The maximum atomic E-state index is 13.3. The number of aromatic nitrogens is 1. The number of fused-ring (bicyclic) bond motifs is 1. The van der Waals surface area contributed by atoms with Gasteiger partial charge in [-0.25, -0.2) is 0 Å². The standard InChI is InChI=1S/C29H17F6N/c30-28(31,32)25-15-24(16-26(17-25)29(33,34)35)23-11-10-21-13-20(8-9-22(21)14-23)18-4-6-19(7-5-18)27-3-1-2-12-36-27/h1-17H. The van der Waals surface area contributed by atoms with Gasteiger partial charge in [0.1, 0.15) is 0 Å². The van der Waals surface area contributed by atoms with Gasteiger partial charge in [-0.15, -0.1) is 0 Å². The molecule has 36 heavy (non-hydrogen) atoms. The second-order valence-corrected chi connectivity index (χ2v) is 8.36. The van der Waals surface area contributed by atoms with Crippen LogP contribution in [0.1, 0.15) is 11.1 Å². The summed E-state index contributed by atoms with van der Waals surface area (Å²) in [4.78, 5) is 4.34. The van der Waals surface area contributed by atoms with Crippen LogP contribution in [0, 0.1) is 0 Å². The zero-order chi connectivity index (χ0) is 25.5. The van der Waals surface area contributed by atoms with Gasteiger partial charge in [0.15, 0.2) is 0 Å². The highest BCUT2D eigenvalue weighted by atomic mass is 19.4. The second-order valence-electron chi connectivity index (χ2n) is 8.36. The molecule has 0 N–H and O–H groups in total. The van der Waals surface area contributed by atoms with Crippen LogP contribution in [0.3, 0.4) is 0 Å². The Balaban J connectivity index is 1.50. The first kappa shape index (κ1) is 23.6. The van der Waals surface area contributed by atoms with Gasteiger partial charge >= 0.3 is 12.4 Å². The van der Waals surface area contributed by atoms with Crippen LogP contribution in [0.5, 0.6) is 0 Å². The Bertz CT molecular complexity index is 1500. The lowest BCUT2D eigenvalue weighted by atomic mass is 9.95. The Morgan fingerprint density at radius 3 is 1.44 bits per heavy atom. The molecule has 0 fully saturated rings. The van der Waals surface area contributed by atoms with Crippen LogP contribution < -0.4 is 0 Å². The highest BCUT2D eigenvalue weighted by molar-refractivity contribution is 5.91. The summed E-state index contributed by atoms with van der Waals surface area (Å²) >= 11 is 0. The van der Waals surface area contributed by atoms with E-state index in [4.69, 9.17) is 0 Å². The third-order valence-corrected chi connectivity index (χ3v) is 5.94. The van der Waals surface area contributed by atoms with E-state index in [0.717, 1.165) is 39.9 Å². The van der Waals surface area contributed by atoms with Crippen molar-refractivity contribution in [3.05, 3.63) is 114 Å². The molecule has 1 aromatic heterocycles. The molecule has 0 saturated heterocycles. The van der Waals surface area contributed by atoms with Gasteiger partial charge in [0, 0.05) is 11.8 Å². The molecule has 0 unspecified atom stereocenters. The Morgan fingerprint density at radius 1 is 0.444 bits per heavy atom. The van der Waals surface area contributed by atoms with Crippen LogP contribution in [0.25, 0.3) is 44.3 Å². The fourth-order valence-electron chi connectivity index (χ4n) is 4.09. The van der Waals surface area contributed by atoms with E-state index in [-0.39, 0.29) is 17.2 Å². The Hall–Kier alpha value is -4.13. The lowest BCUT2D eigenvalue weighted by Gasteiger charge is -2.15. The summed E-state index contributed by atoms with van der Waals surface area (Å²) in [5, 5.41) is 1.51. The smallest absolute Gasteiger partial charge is 0.256 e. The van der Waals surface area contributed by atoms with Crippen LogP contribution >= 0.6 is 0 Å². The Morgan fingerprint density at radius 2 is 0.944 bits per heavy atom. The van der Waals surface area contributed by atoms with Crippen molar-refractivity contribution < 1.29 is 26.3 Å². The molecule has 5 aromatic rings. The highest BCUT2D eigenvalue weighted by Crippen LogP contribution is 2.39. The van der Waals surface area contributed by atoms with Gasteiger partial charge in [-0.3, -0.25) is 4.98 Å². The average Bonchev–Trinajstić information content (AvgIpc) is 2.87. The third kappa shape index (κ3) is 4.82. The molecule has 0 atom stereocenters. The van der Waals surface area contributed by atoms with Gasteiger partial charge in [0.25, 0.3) is 0 Å². The fourth-order valence-corrected chi connectivity index (χ4v) is 4.09. The summed E-state index contributed by atoms with van der Waals surface area (Å²) < 4.78 is 79.6. The van der Waals surface area contributed by atoms with Crippen molar-refractivity contribution in [3.8, 4) is 33.5 Å². The van der Waals surface area contributed by atoms with Crippen molar-refractivity contribution in [3.63, 3.8) is 0 Å². The van der Waals surface area contributed by atoms with Crippen LogP contribution in [-0.4, -0.2) is 4.98 Å². The summed E-state index contributed by atoms with van der Waals surface area (Å²) in [7, 11) is 0. The maximum absolute atomic E-state index is 13.3. The lowest BCUT2D eigenvalue weighted by molar-refractivity contribution is -0.143. The molecule has 0 amide bonds. The van der Waals surface area contributed by atoms with Gasteiger partial charge in [0.2, 0.25) is 0 Å². The first-order chi connectivity index (χ1) is 17.1. The first-order valence-corrected chi connectivity index (χ1v) is 10.9. The lowest BCUT2D eigenvalue weighted by Crippen LogP contribution is -2.11. The molecule has 0 aliphatic heterocycles. The Labute approximate surface area is 202 Å². The molecule has 1 heterocycles. The first-order valence-electron chi connectivity index (χ1n) is 10.9. The molecule has 5 rings (SSSR count). The molecule has 0 saturated carbocycles. The molecule has 1 nitrogen and oxygen atoms in total. The molecule has 0 aliphatic carbocycles. The van der Waals surface area contributed by atoms with Gasteiger partial charge in [-0.1, -0.05) is 54.6 Å². The predicted molar refractivity (Wildman–Crippen MR) is 128 cm³/mol. The van der Waals surface area contributed by atoms with E-state index < -0.39 is 23.5 Å². The number of alkyl halides is 6. The van der Waals surface area contributed by atoms with Gasteiger partial charge in [-0.05, 0) is 75.5 Å². The van der Waals surface area contributed by atoms with Crippen LogP contribution in [0.4, 0.5) is 26.3 Å². The van der Waals surface area contributed by atoms with Crippen molar-refractivity contribution in [2.45, 2.75) is 12.4 Å². The number of nitrogens with zero attached hydrogens (tertiary/aromatic N) is 1. The minimum atomic E-state index is -4.89. The van der Waals surface area contributed by atoms with Crippen molar-refractivity contribution in [2.75, 3.05) is 0 Å². The molecule has 4 aromatic carbocycles. The number of hydrogen-bond donors (Lipinski definition) is 0. The van der Waals surface area contributed by atoms with E-state index in [1.54, 1.807) is 24.4 Å². The number of halogens is 6. The van der Waals surface area contributed by atoms with E-state index in [2.05, 4.69) is 4.98 Å². The van der Waals surface area contributed by atoms with Gasteiger partial charge < -0.3 is 0 Å². The van der Waals surface area contributed by atoms with Crippen LogP contribution in [0.15, 0.2) is 103 Å². The molecular formula is C29H17F6N. The molecule has 0 aliphatic rings. The third-order valence-electron chi connectivity index (χ3n) is 5.94. The summed E-state index contributed by atoms with van der Waals surface area (Å²) in [6.45, 7) is 0. The number of rotatable bonds is 3. The maximum Gasteiger partial charge on any atom is 0.416 e. The van der Waals surface area contributed by atoms with E-state index in [9.17, 15) is 26.3 Å². The van der Waals surface area contributed by atoms with E-state index in [0.29, 0.717) is 5.39 Å². The van der Waals surface area contributed by atoms with E-state index in [1.807, 2.05) is 54.6 Å². The van der Waals surface area contributed by atoms with Crippen LogP contribution in [0.2, 0.25) is 0 Å². The minimum absolute atomic E-state index is 0.135. The Kier molecular flexibility index (Phi) is 5.79. The number of benzene rings is 4. The van der Waals surface area contributed by atoms with Crippen molar-refractivity contribution in [2.24, 2.45) is 0 Å². The summed E-state index contributed by atoms with van der Waals surface area (Å²) in [6.07, 6.45) is -8.06. The zero-order valence-corrected chi connectivity index (χ0v) is 18.5. The topological polar surface area (TPSA) is 12.9 Å². The monoisotopic (exact) mass is 493 g/mol. The second kappa shape index (κ2) is 8.82. The largest absolute Gasteiger partial charge is 0.416 e. The van der Waals surface area contributed by atoms with Gasteiger partial charge in [-0.2, -0.15) is 26.3 Å². The highest BCUT2D eigenvalue weighted by Gasteiger charge is 2.37. The number of hydrogen-bond acceptors (Lipinski definition) is 1. The summed E-state index contributed by atoms with van der Waals surface area (Å²) in [5.41, 5.74) is 1.19. The SMILES string of the molecule is FC(F)(F)c1cc(-c2ccc3cc(-c4ccc(-c5ccccn5)cc4)ccc3c2)cc(C(F)(F)F)c1.